The molecule has 1 aromatic carbocycles. The monoisotopic (exact) mass is 372 g/mol. The van der Waals surface area contributed by atoms with Gasteiger partial charge in [-0.05, 0) is 30.2 Å². The lowest BCUT2D eigenvalue weighted by Gasteiger charge is -2.05. The van der Waals surface area contributed by atoms with E-state index in [0.717, 1.165) is 21.7 Å². The quantitative estimate of drug-likeness (QED) is 0.577. The first-order valence-electron chi connectivity index (χ1n) is 8.16. The van der Waals surface area contributed by atoms with Crippen molar-refractivity contribution >= 4 is 35.3 Å². The highest BCUT2D eigenvalue weighted by molar-refractivity contribution is 7.16. The molecule has 0 unspecified atom stereocenters. The van der Waals surface area contributed by atoms with Crippen molar-refractivity contribution in [3.8, 4) is 10.4 Å². The summed E-state index contributed by atoms with van der Waals surface area (Å²) in [4.78, 5) is 36.4. The van der Waals surface area contributed by atoms with Crippen molar-refractivity contribution < 1.29 is 19.1 Å². The maximum atomic E-state index is 11.7. The fourth-order valence-corrected chi connectivity index (χ4v) is 2.90. The zero-order valence-corrected chi connectivity index (χ0v) is 15.2. The Labute approximate surface area is 155 Å². The van der Waals surface area contributed by atoms with E-state index in [2.05, 4.69) is 10.6 Å². The number of carbonyl (C=O) groups excluding carboxylic acids is 3. The molecule has 0 aliphatic rings. The van der Waals surface area contributed by atoms with E-state index in [0.29, 0.717) is 6.54 Å². The molecule has 6 nitrogen and oxygen atoms in total. The molecule has 0 bridgehead atoms. The van der Waals surface area contributed by atoms with Crippen molar-refractivity contribution in [1.82, 2.24) is 10.6 Å². The second-order valence-electron chi connectivity index (χ2n) is 5.31. The minimum atomic E-state index is -0.678. The Hall–Kier alpha value is -2.93. The Bertz CT molecular complexity index is 784. The van der Waals surface area contributed by atoms with Gasteiger partial charge in [0.05, 0.1) is 0 Å². The number of thiophene rings is 1. The van der Waals surface area contributed by atoms with Gasteiger partial charge in [-0.1, -0.05) is 37.3 Å². The van der Waals surface area contributed by atoms with Crippen LogP contribution >= 0.6 is 11.3 Å². The van der Waals surface area contributed by atoms with Crippen molar-refractivity contribution in [2.45, 2.75) is 13.3 Å². The lowest BCUT2D eigenvalue weighted by atomic mass is 10.2. The number of rotatable bonds is 7. The zero-order valence-electron chi connectivity index (χ0n) is 14.4. The molecule has 0 spiro atoms. The third-order valence-electron chi connectivity index (χ3n) is 3.20. The fraction of sp³-hybridized carbons (Fsp3) is 0.211. The molecule has 0 atom stereocenters. The summed E-state index contributed by atoms with van der Waals surface area (Å²) in [5, 5.41) is 4.57. The average Bonchev–Trinajstić information content (AvgIpc) is 3.13. The molecule has 0 fully saturated rings. The third kappa shape index (κ3) is 6.52. The maximum Gasteiger partial charge on any atom is 0.331 e. The van der Waals surface area contributed by atoms with E-state index in [1.807, 2.05) is 49.4 Å². The molecule has 3 amide bonds. The van der Waals surface area contributed by atoms with Crippen LogP contribution < -0.4 is 10.6 Å². The Morgan fingerprint density at radius 2 is 1.88 bits per heavy atom. The van der Waals surface area contributed by atoms with E-state index in [1.165, 1.54) is 6.08 Å². The summed E-state index contributed by atoms with van der Waals surface area (Å²) >= 11 is 1.54. The van der Waals surface area contributed by atoms with Crippen molar-refractivity contribution in [1.29, 1.82) is 0 Å². The van der Waals surface area contributed by atoms with Gasteiger partial charge in [-0.15, -0.1) is 11.3 Å². The second-order valence-corrected chi connectivity index (χ2v) is 6.43. The fourth-order valence-electron chi connectivity index (χ4n) is 1.98. The first-order valence-corrected chi connectivity index (χ1v) is 8.98. The minimum Gasteiger partial charge on any atom is -0.452 e. The smallest absolute Gasteiger partial charge is 0.331 e. The Morgan fingerprint density at radius 3 is 2.62 bits per heavy atom. The van der Waals surface area contributed by atoms with E-state index in [1.54, 1.807) is 17.4 Å². The predicted molar refractivity (Wildman–Crippen MR) is 102 cm³/mol. The van der Waals surface area contributed by atoms with Gasteiger partial charge in [-0.3, -0.25) is 10.1 Å². The number of ether oxygens (including phenoxy) is 1. The van der Waals surface area contributed by atoms with Crippen LogP contribution in [-0.4, -0.2) is 31.1 Å². The van der Waals surface area contributed by atoms with E-state index >= 15 is 0 Å². The third-order valence-corrected chi connectivity index (χ3v) is 4.30. The van der Waals surface area contributed by atoms with Gasteiger partial charge in [0, 0.05) is 22.4 Å². The van der Waals surface area contributed by atoms with Crippen LogP contribution in [0.5, 0.6) is 0 Å². The van der Waals surface area contributed by atoms with Gasteiger partial charge in [-0.2, -0.15) is 0 Å². The summed E-state index contributed by atoms with van der Waals surface area (Å²) in [6, 6.07) is 13.2. The van der Waals surface area contributed by atoms with Gasteiger partial charge >= 0.3 is 12.0 Å². The number of hydrogen-bond acceptors (Lipinski definition) is 5. The minimum absolute atomic E-state index is 0.466. The predicted octanol–water partition coefficient (Wildman–Crippen LogP) is 3.21. The highest BCUT2D eigenvalue weighted by Gasteiger charge is 2.09. The summed E-state index contributed by atoms with van der Waals surface area (Å²) in [6.07, 6.45) is 3.65. The second kappa shape index (κ2) is 10.1. The molecule has 26 heavy (non-hydrogen) atoms. The van der Waals surface area contributed by atoms with E-state index in [-0.39, 0.29) is 0 Å². The molecule has 1 aromatic heterocycles. The molecule has 2 N–H and O–H groups in total. The molecule has 0 saturated carbocycles. The molecule has 7 heteroatoms. The van der Waals surface area contributed by atoms with E-state index in [4.69, 9.17) is 4.74 Å². The number of amides is 3. The molecule has 2 rings (SSSR count). The summed E-state index contributed by atoms with van der Waals surface area (Å²) in [7, 11) is 0. The van der Waals surface area contributed by atoms with Gasteiger partial charge < -0.3 is 10.1 Å². The van der Waals surface area contributed by atoms with E-state index in [9.17, 15) is 14.4 Å². The zero-order chi connectivity index (χ0) is 18.8. The lowest BCUT2D eigenvalue weighted by Crippen LogP contribution is -2.41. The molecular weight excluding hydrogens is 352 g/mol. The molecule has 0 aliphatic heterocycles. The standard InChI is InChI=1S/C19H20N2O4S/c1-2-12-20-19(24)21-17(22)13-25-18(23)11-9-15-8-10-16(26-15)14-6-4-3-5-7-14/h3-11H,2,12-13H2,1H3,(H2,20,21,22,24)/b11-9+. The molecule has 136 valence electrons. The van der Waals surface area contributed by atoms with Crippen LogP contribution in [0.4, 0.5) is 4.79 Å². The Kier molecular flexibility index (Phi) is 7.57. The van der Waals surface area contributed by atoms with Gasteiger partial charge in [0.25, 0.3) is 5.91 Å². The van der Waals surface area contributed by atoms with Crippen LogP contribution in [0.3, 0.4) is 0 Å². The molecule has 1 heterocycles. The van der Waals surface area contributed by atoms with Crippen LogP contribution in [0.2, 0.25) is 0 Å². The van der Waals surface area contributed by atoms with Crippen LogP contribution in [0.1, 0.15) is 18.2 Å². The van der Waals surface area contributed by atoms with Crippen molar-refractivity contribution in [3.63, 3.8) is 0 Å². The molecule has 0 saturated heterocycles. The first-order chi connectivity index (χ1) is 12.6. The van der Waals surface area contributed by atoms with Gasteiger partial charge in [0.2, 0.25) is 0 Å². The number of hydrogen-bond donors (Lipinski definition) is 2. The van der Waals surface area contributed by atoms with Crippen molar-refractivity contribution in [2.24, 2.45) is 0 Å². The number of nitrogens with one attached hydrogen (secondary N) is 2. The number of benzene rings is 1. The molecule has 0 radical (unpaired) electrons. The molecule has 2 aromatic rings. The van der Waals surface area contributed by atoms with Crippen molar-refractivity contribution in [2.75, 3.05) is 13.2 Å². The normalized spacial score (nSPS) is 10.5. The summed E-state index contributed by atoms with van der Waals surface area (Å²) in [5.74, 6) is -1.33. The van der Waals surface area contributed by atoms with Gasteiger partial charge in [0.15, 0.2) is 6.61 Å². The largest absolute Gasteiger partial charge is 0.452 e. The lowest BCUT2D eigenvalue weighted by molar-refractivity contribution is -0.143. The van der Waals surface area contributed by atoms with Gasteiger partial charge in [-0.25, -0.2) is 9.59 Å². The SMILES string of the molecule is CCCNC(=O)NC(=O)COC(=O)/C=C/c1ccc(-c2ccccc2)s1. The van der Waals surface area contributed by atoms with Gasteiger partial charge in [0.1, 0.15) is 0 Å². The summed E-state index contributed by atoms with van der Waals surface area (Å²) in [6.45, 7) is 1.85. The van der Waals surface area contributed by atoms with Crippen LogP contribution in [0.15, 0.2) is 48.5 Å². The van der Waals surface area contributed by atoms with E-state index < -0.39 is 24.5 Å². The topological polar surface area (TPSA) is 84.5 Å². The number of carbonyl (C=O) groups is 3. The first kappa shape index (κ1) is 19.4. The Balaban J connectivity index is 1.78. The highest BCUT2D eigenvalue weighted by Crippen LogP contribution is 2.28. The molecule has 0 aliphatic carbocycles. The van der Waals surface area contributed by atoms with Crippen LogP contribution in [-0.2, 0) is 14.3 Å². The summed E-state index contributed by atoms with van der Waals surface area (Å²) in [5.41, 5.74) is 1.11. The van der Waals surface area contributed by atoms with Crippen LogP contribution in [0, 0.1) is 0 Å². The Morgan fingerprint density at radius 1 is 1.12 bits per heavy atom. The number of imide groups is 1. The van der Waals surface area contributed by atoms with Crippen molar-refractivity contribution in [3.05, 3.63) is 53.4 Å². The number of urea groups is 1. The summed E-state index contributed by atoms with van der Waals surface area (Å²) < 4.78 is 4.81. The van der Waals surface area contributed by atoms with Crippen LogP contribution in [0.25, 0.3) is 16.5 Å². The highest BCUT2D eigenvalue weighted by atomic mass is 32.1. The molecular formula is C19H20N2O4S. The average molecular weight is 372 g/mol. The maximum absolute atomic E-state index is 11.7. The number of esters is 1.